The van der Waals surface area contributed by atoms with E-state index in [2.05, 4.69) is 5.32 Å². The van der Waals surface area contributed by atoms with Gasteiger partial charge in [-0.1, -0.05) is 108 Å². The Bertz CT molecular complexity index is 1770. The summed E-state index contributed by atoms with van der Waals surface area (Å²) >= 11 is 19.1. The summed E-state index contributed by atoms with van der Waals surface area (Å²) in [5.74, 6) is -0.901. The summed E-state index contributed by atoms with van der Waals surface area (Å²) in [4.78, 5) is 30.1. The number of amides is 2. The van der Waals surface area contributed by atoms with Crippen molar-refractivity contribution in [1.82, 2.24) is 10.2 Å². The first-order valence-electron chi connectivity index (χ1n) is 15.0. The average Bonchev–Trinajstić information content (AvgIpc) is 3.56. The first-order chi connectivity index (χ1) is 22.1. The molecule has 0 saturated heterocycles. The van der Waals surface area contributed by atoms with E-state index in [1.165, 1.54) is 23.1 Å². The Morgan fingerprint density at radius 3 is 2.11 bits per heavy atom. The summed E-state index contributed by atoms with van der Waals surface area (Å²) < 4.78 is 29.2. The molecule has 1 fully saturated rings. The second kappa shape index (κ2) is 15.4. The lowest BCUT2D eigenvalue weighted by Gasteiger charge is -2.34. The number of rotatable bonds is 12. The second-order valence-corrected chi connectivity index (χ2v) is 14.4. The van der Waals surface area contributed by atoms with Gasteiger partial charge in [0, 0.05) is 34.1 Å². The lowest BCUT2D eigenvalue weighted by molar-refractivity contribution is -0.140. The van der Waals surface area contributed by atoms with Gasteiger partial charge in [0.2, 0.25) is 11.8 Å². The molecule has 1 N–H and O–H groups in total. The van der Waals surface area contributed by atoms with Crippen molar-refractivity contribution < 1.29 is 18.0 Å². The summed E-state index contributed by atoms with van der Waals surface area (Å²) in [5.41, 5.74) is 1.62. The molecular weight excluding hydrogens is 665 g/mol. The average molecular weight is 699 g/mol. The van der Waals surface area contributed by atoms with Crippen LogP contribution in [0.1, 0.15) is 36.8 Å². The quantitative estimate of drug-likeness (QED) is 0.166. The van der Waals surface area contributed by atoms with E-state index < -0.39 is 28.5 Å². The van der Waals surface area contributed by atoms with Gasteiger partial charge in [0.05, 0.1) is 10.6 Å². The van der Waals surface area contributed by atoms with Crippen LogP contribution in [0.3, 0.4) is 0 Å². The molecule has 1 aliphatic carbocycles. The minimum Gasteiger partial charge on any atom is -0.352 e. The van der Waals surface area contributed by atoms with E-state index >= 15 is 0 Å². The van der Waals surface area contributed by atoms with E-state index in [4.69, 9.17) is 34.8 Å². The summed E-state index contributed by atoms with van der Waals surface area (Å²) in [6.07, 6.45) is 3.96. The molecule has 0 radical (unpaired) electrons. The molecule has 0 unspecified atom stereocenters. The minimum atomic E-state index is -4.23. The fourth-order valence-electron chi connectivity index (χ4n) is 5.63. The van der Waals surface area contributed by atoms with Gasteiger partial charge in [0.25, 0.3) is 10.0 Å². The highest BCUT2D eigenvalue weighted by Crippen LogP contribution is 2.29. The highest BCUT2D eigenvalue weighted by atomic mass is 35.5. The molecule has 4 aromatic rings. The Morgan fingerprint density at radius 2 is 1.46 bits per heavy atom. The van der Waals surface area contributed by atoms with E-state index in [-0.39, 0.29) is 35.5 Å². The van der Waals surface area contributed by atoms with Crippen LogP contribution in [0, 0.1) is 0 Å². The van der Waals surface area contributed by atoms with Crippen LogP contribution < -0.4 is 9.62 Å². The zero-order chi connectivity index (χ0) is 32.7. The van der Waals surface area contributed by atoms with Crippen molar-refractivity contribution in [2.45, 2.75) is 55.6 Å². The molecule has 1 saturated carbocycles. The van der Waals surface area contributed by atoms with E-state index in [0.29, 0.717) is 20.6 Å². The van der Waals surface area contributed by atoms with Crippen LogP contribution in [0.2, 0.25) is 15.1 Å². The first-order valence-corrected chi connectivity index (χ1v) is 17.6. The predicted molar refractivity (Wildman–Crippen MR) is 184 cm³/mol. The topological polar surface area (TPSA) is 86.8 Å². The van der Waals surface area contributed by atoms with Crippen molar-refractivity contribution in [2.24, 2.45) is 0 Å². The zero-order valence-electron chi connectivity index (χ0n) is 25.0. The molecule has 4 aromatic carbocycles. The predicted octanol–water partition coefficient (Wildman–Crippen LogP) is 7.54. The molecule has 0 bridgehead atoms. The van der Waals surface area contributed by atoms with E-state index in [1.807, 2.05) is 30.3 Å². The van der Waals surface area contributed by atoms with Gasteiger partial charge in [-0.2, -0.15) is 0 Å². The molecule has 0 aromatic heterocycles. The van der Waals surface area contributed by atoms with Gasteiger partial charge in [-0.3, -0.25) is 13.9 Å². The number of nitrogens with one attached hydrogen (secondary N) is 1. The van der Waals surface area contributed by atoms with Gasteiger partial charge < -0.3 is 10.2 Å². The maximum atomic E-state index is 14.6. The van der Waals surface area contributed by atoms with Crippen molar-refractivity contribution in [1.29, 1.82) is 0 Å². The van der Waals surface area contributed by atoms with Gasteiger partial charge >= 0.3 is 0 Å². The number of anilines is 1. The van der Waals surface area contributed by atoms with Crippen molar-refractivity contribution >= 4 is 62.3 Å². The smallest absolute Gasteiger partial charge is 0.264 e. The molecule has 1 atom stereocenters. The Balaban J connectivity index is 1.58. The van der Waals surface area contributed by atoms with Gasteiger partial charge in [-0.15, -0.1) is 0 Å². The third-order valence-corrected chi connectivity index (χ3v) is 10.6. The molecule has 1 aliphatic rings. The molecule has 46 heavy (non-hydrogen) atoms. The normalized spacial score (nSPS) is 14.1. The molecule has 7 nitrogen and oxygen atoms in total. The lowest BCUT2D eigenvalue weighted by atomic mass is 10.0. The Kier molecular flexibility index (Phi) is 11.3. The van der Waals surface area contributed by atoms with Crippen LogP contribution in [-0.2, 0) is 32.6 Å². The molecule has 0 aliphatic heterocycles. The summed E-state index contributed by atoms with van der Waals surface area (Å²) in [7, 11) is -4.23. The highest BCUT2D eigenvalue weighted by Gasteiger charge is 2.36. The van der Waals surface area contributed by atoms with Gasteiger partial charge in [0.15, 0.2) is 0 Å². The maximum Gasteiger partial charge on any atom is 0.264 e. The molecule has 0 spiro atoms. The van der Waals surface area contributed by atoms with E-state index in [9.17, 15) is 18.0 Å². The Morgan fingerprint density at radius 1 is 0.804 bits per heavy atom. The molecular formula is C35H34Cl3N3O4S. The van der Waals surface area contributed by atoms with Crippen LogP contribution in [0.15, 0.2) is 108 Å². The number of carbonyl (C=O) groups excluding carboxylic acids is 2. The van der Waals surface area contributed by atoms with Crippen molar-refractivity contribution in [3.8, 4) is 0 Å². The minimum absolute atomic E-state index is 0.00302. The standard InChI is InChI=1S/C35H34Cl3N3O4S/c36-27-12-9-15-30(21-27)41(46(44,45)31-16-5-2-6-17-31)24-34(42)40(23-26-18-19-28(37)22-32(26)38)33(20-25-10-3-1-4-11-25)35(43)39-29-13-7-8-14-29/h1-6,9-12,15-19,21-22,29,33H,7-8,13-14,20,23-24H2,(H,39,43)/t33-/m0/s1. The van der Waals surface area contributed by atoms with Gasteiger partial charge in [0.1, 0.15) is 12.6 Å². The fraction of sp³-hybridized carbons (Fsp3) is 0.257. The van der Waals surface area contributed by atoms with E-state index in [0.717, 1.165) is 35.6 Å². The SMILES string of the molecule is O=C(NC1CCCC1)[C@H](Cc1ccccc1)N(Cc1ccc(Cl)cc1Cl)C(=O)CN(c1cccc(Cl)c1)S(=O)(=O)c1ccccc1. The number of hydrogen-bond donors (Lipinski definition) is 1. The number of carbonyl (C=O) groups is 2. The Hall–Kier alpha value is -3.56. The second-order valence-electron chi connectivity index (χ2n) is 11.3. The zero-order valence-corrected chi connectivity index (χ0v) is 28.1. The largest absolute Gasteiger partial charge is 0.352 e. The van der Waals surface area contributed by atoms with Crippen molar-refractivity contribution in [3.63, 3.8) is 0 Å². The Labute approximate surface area is 285 Å². The van der Waals surface area contributed by atoms with E-state index in [1.54, 1.807) is 54.6 Å². The van der Waals surface area contributed by atoms with Gasteiger partial charge in [-0.25, -0.2) is 8.42 Å². The van der Waals surface area contributed by atoms with Crippen LogP contribution in [0.4, 0.5) is 5.69 Å². The molecule has 2 amide bonds. The number of benzene rings is 4. The van der Waals surface area contributed by atoms with Crippen molar-refractivity contribution in [3.05, 3.63) is 129 Å². The summed E-state index contributed by atoms with van der Waals surface area (Å²) in [6, 6.07) is 27.6. The third kappa shape index (κ3) is 8.42. The third-order valence-electron chi connectivity index (χ3n) is 8.03. The lowest BCUT2D eigenvalue weighted by Crippen LogP contribution is -2.54. The van der Waals surface area contributed by atoms with Crippen LogP contribution in [-0.4, -0.2) is 43.8 Å². The van der Waals surface area contributed by atoms with Gasteiger partial charge in [-0.05, 0) is 66.4 Å². The summed E-state index contributed by atoms with van der Waals surface area (Å²) in [6.45, 7) is -0.649. The number of halogens is 3. The molecule has 11 heteroatoms. The number of nitrogens with zero attached hydrogens (tertiary/aromatic N) is 2. The number of sulfonamides is 1. The molecule has 240 valence electrons. The van der Waals surface area contributed by atoms with Crippen LogP contribution in [0.5, 0.6) is 0 Å². The monoisotopic (exact) mass is 697 g/mol. The van der Waals surface area contributed by atoms with Crippen LogP contribution >= 0.6 is 34.8 Å². The molecule has 0 heterocycles. The van der Waals surface area contributed by atoms with Crippen LogP contribution in [0.25, 0.3) is 0 Å². The summed E-state index contributed by atoms with van der Waals surface area (Å²) in [5, 5.41) is 4.21. The maximum absolute atomic E-state index is 14.6. The fourth-order valence-corrected chi connectivity index (χ4v) is 7.71. The van der Waals surface area contributed by atoms with Crippen molar-refractivity contribution in [2.75, 3.05) is 10.8 Å². The molecule has 5 rings (SSSR count). The highest BCUT2D eigenvalue weighted by molar-refractivity contribution is 7.92. The first kappa shape index (κ1) is 33.8. The number of hydrogen-bond acceptors (Lipinski definition) is 4.